The van der Waals surface area contributed by atoms with Gasteiger partial charge in [-0.1, -0.05) is 146 Å². The molecular weight excluding hydrogens is 685 g/mol. The van der Waals surface area contributed by atoms with Crippen molar-refractivity contribution in [3.05, 3.63) is 194 Å². The molecule has 0 bridgehead atoms. The lowest BCUT2D eigenvalue weighted by molar-refractivity contribution is 0.671. The summed E-state index contributed by atoms with van der Waals surface area (Å²) in [4.78, 5) is 15.3. The Morgan fingerprint density at radius 2 is 0.839 bits per heavy atom. The second-order valence-electron chi connectivity index (χ2n) is 14.0. The molecule has 0 aliphatic carbocycles. The fraction of sp³-hybridized carbons (Fsp3) is 0. The summed E-state index contributed by atoms with van der Waals surface area (Å²) < 4.78 is 8.89. The van der Waals surface area contributed by atoms with Crippen molar-refractivity contribution >= 4 is 43.7 Å². The number of rotatable bonds is 6. The van der Waals surface area contributed by atoms with E-state index in [1.807, 2.05) is 24.3 Å². The van der Waals surface area contributed by atoms with Crippen LogP contribution in [-0.4, -0.2) is 19.5 Å². The van der Waals surface area contributed by atoms with Crippen molar-refractivity contribution < 1.29 is 4.42 Å². The Kier molecular flexibility index (Phi) is 7.42. The molecule has 0 aliphatic heterocycles. The summed E-state index contributed by atoms with van der Waals surface area (Å²) in [6.45, 7) is 0. The number of nitrogens with zero attached hydrogens (tertiary/aromatic N) is 4. The van der Waals surface area contributed by atoms with Gasteiger partial charge < -0.3 is 8.98 Å². The maximum Gasteiger partial charge on any atom is 0.164 e. The number of hydrogen-bond acceptors (Lipinski definition) is 4. The first-order valence-corrected chi connectivity index (χ1v) is 18.8. The molecule has 0 aliphatic rings. The van der Waals surface area contributed by atoms with Gasteiger partial charge in [-0.25, -0.2) is 15.0 Å². The summed E-state index contributed by atoms with van der Waals surface area (Å²) in [7, 11) is 0. The van der Waals surface area contributed by atoms with Gasteiger partial charge in [-0.05, 0) is 70.8 Å². The van der Waals surface area contributed by atoms with Gasteiger partial charge in [0.2, 0.25) is 0 Å². The van der Waals surface area contributed by atoms with Crippen molar-refractivity contribution in [1.82, 2.24) is 19.5 Å². The molecule has 0 amide bonds. The van der Waals surface area contributed by atoms with E-state index in [0.717, 1.165) is 83.0 Å². The molecule has 5 heteroatoms. The maximum absolute atomic E-state index is 6.58. The molecule has 0 unspecified atom stereocenters. The van der Waals surface area contributed by atoms with Crippen LogP contribution in [0.25, 0.3) is 106 Å². The quantitative estimate of drug-likeness (QED) is 0.172. The van der Waals surface area contributed by atoms with E-state index in [1.165, 1.54) is 5.39 Å². The summed E-state index contributed by atoms with van der Waals surface area (Å²) >= 11 is 0. The summed E-state index contributed by atoms with van der Waals surface area (Å²) in [5.41, 5.74) is 12.2. The minimum Gasteiger partial charge on any atom is -0.454 e. The molecule has 0 fully saturated rings. The van der Waals surface area contributed by atoms with Crippen LogP contribution in [0.3, 0.4) is 0 Å². The molecular formula is C51H32N4O. The lowest BCUT2D eigenvalue weighted by Crippen LogP contribution is -2.01. The lowest BCUT2D eigenvalue weighted by Gasteiger charge is -2.12. The van der Waals surface area contributed by atoms with Gasteiger partial charge in [-0.2, -0.15) is 0 Å². The standard InChI is InChI=1S/C51H32N4O/c1-3-12-33(13-4-1)35-22-24-36(25-23-35)49-52-50(54-51(53-49)39-17-11-16-38(32-39)34-14-5-2-6-15-34)37-26-28-40(29-27-37)55-45-20-9-7-18-41(45)43-30-31-44-42-19-8-10-21-46(42)56-48(44)47(43)55/h1-32H. The molecule has 0 atom stereocenters. The van der Waals surface area contributed by atoms with E-state index in [4.69, 9.17) is 19.4 Å². The lowest BCUT2D eigenvalue weighted by atomic mass is 10.0. The second-order valence-corrected chi connectivity index (χ2v) is 14.0. The molecule has 3 heterocycles. The second kappa shape index (κ2) is 13.0. The molecule has 3 aromatic heterocycles. The largest absolute Gasteiger partial charge is 0.454 e. The molecule has 0 spiro atoms. The highest BCUT2D eigenvalue weighted by Gasteiger charge is 2.19. The molecule has 0 saturated carbocycles. The van der Waals surface area contributed by atoms with Crippen LogP contribution in [0.2, 0.25) is 0 Å². The van der Waals surface area contributed by atoms with Crippen molar-refractivity contribution in [2.45, 2.75) is 0 Å². The Bertz CT molecular complexity index is 3220. The van der Waals surface area contributed by atoms with Gasteiger partial charge in [0, 0.05) is 43.9 Å². The summed E-state index contributed by atoms with van der Waals surface area (Å²) in [5, 5.41) is 4.55. The smallest absolute Gasteiger partial charge is 0.164 e. The Labute approximate surface area is 322 Å². The average Bonchev–Trinajstić information content (AvgIpc) is 3.83. The molecule has 11 rings (SSSR count). The molecule has 11 aromatic rings. The summed E-state index contributed by atoms with van der Waals surface area (Å²) in [6.07, 6.45) is 0. The highest BCUT2D eigenvalue weighted by Crippen LogP contribution is 2.40. The molecule has 0 radical (unpaired) electrons. The molecule has 5 nitrogen and oxygen atoms in total. The van der Waals surface area contributed by atoms with Gasteiger partial charge in [0.15, 0.2) is 23.1 Å². The number of para-hydroxylation sites is 2. The zero-order valence-corrected chi connectivity index (χ0v) is 30.2. The number of aromatic nitrogens is 4. The number of furan rings is 1. The third-order valence-corrected chi connectivity index (χ3v) is 10.7. The van der Waals surface area contributed by atoms with E-state index in [1.54, 1.807) is 0 Å². The van der Waals surface area contributed by atoms with E-state index < -0.39 is 0 Å². The summed E-state index contributed by atoms with van der Waals surface area (Å²) in [6, 6.07) is 67.4. The molecule has 0 saturated heterocycles. The molecule has 262 valence electrons. The van der Waals surface area contributed by atoms with Gasteiger partial charge in [0.1, 0.15) is 5.58 Å². The number of benzene rings is 8. The van der Waals surface area contributed by atoms with Gasteiger partial charge in [-0.15, -0.1) is 0 Å². The Balaban J connectivity index is 1.05. The zero-order chi connectivity index (χ0) is 37.0. The first kappa shape index (κ1) is 31.9. The minimum absolute atomic E-state index is 0.607. The average molecular weight is 717 g/mol. The van der Waals surface area contributed by atoms with Gasteiger partial charge in [0.05, 0.1) is 11.0 Å². The van der Waals surface area contributed by atoms with Crippen LogP contribution in [-0.2, 0) is 0 Å². The first-order valence-electron chi connectivity index (χ1n) is 18.8. The maximum atomic E-state index is 6.58. The predicted molar refractivity (Wildman–Crippen MR) is 229 cm³/mol. The Hall–Kier alpha value is -7.63. The van der Waals surface area contributed by atoms with Crippen LogP contribution >= 0.6 is 0 Å². The van der Waals surface area contributed by atoms with Gasteiger partial charge >= 0.3 is 0 Å². The number of fused-ring (bicyclic) bond motifs is 7. The van der Waals surface area contributed by atoms with Crippen LogP contribution in [0.15, 0.2) is 199 Å². The number of hydrogen-bond donors (Lipinski definition) is 0. The molecule has 0 N–H and O–H groups in total. The zero-order valence-electron chi connectivity index (χ0n) is 30.2. The summed E-state index contributed by atoms with van der Waals surface area (Å²) in [5.74, 6) is 1.85. The van der Waals surface area contributed by atoms with Crippen molar-refractivity contribution in [3.63, 3.8) is 0 Å². The monoisotopic (exact) mass is 716 g/mol. The Morgan fingerprint density at radius 1 is 0.339 bits per heavy atom. The van der Waals surface area contributed by atoms with Crippen molar-refractivity contribution in [2.24, 2.45) is 0 Å². The fourth-order valence-electron chi connectivity index (χ4n) is 7.93. The fourth-order valence-corrected chi connectivity index (χ4v) is 7.93. The third-order valence-electron chi connectivity index (χ3n) is 10.7. The third kappa shape index (κ3) is 5.37. The molecule has 56 heavy (non-hydrogen) atoms. The van der Waals surface area contributed by atoms with Crippen molar-refractivity contribution in [3.8, 4) is 62.1 Å². The van der Waals surface area contributed by atoms with E-state index in [-0.39, 0.29) is 0 Å². The highest BCUT2D eigenvalue weighted by molar-refractivity contribution is 6.21. The topological polar surface area (TPSA) is 56.7 Å². The van der Waals surface area contributed by atoms with Crippen LogP contribution in [0.5, 0.6) is 0 Å². The van der Waals surface area contributed by atoms with E-state index in [2.05, 4.69) is 174 Å². The normalized spacial score (nSPS) is 11.6. The van der Waals surface area contributed by atoms with Crippen LogP contribution < -0.4 is 0 Å². The SMILES string of the molecule is c1ccc(-c2ccc(-c3nc(-c4ccc(-n5c6ccccc6c6ccc7c8ccccc8oc7c65)cc4)nc(-c4cccc(-c5ccccc5)c4)n3)cc2)cc1. The van der Waals surface area contributed by atoms with Crippen molar-refractivity contribution in [2.75, 3.05) is 0 Å². The predicted octanol–water partition coefficient (Wildman–Crippen LogP) is 13.2. The van der Waals surface area contributed by atoms with E-state index >= 15 is 0 Å². The first-order chi connectivity index (χ1) is 27.7. The highest BCUT2D eigenvalue weighted by atomic mass is 16.3. The van der Waals surface area contributed by atoms with Crippen molar-refractivity contribution in [1.29, 1.82) is 0 Å². The Morgan fingerprint density at radius 3 is 1.55 bits per heavy atom. The van der Waals surface area contributed by atoms with Gasteiger partial charge in [-0.3, -0.25) is 0 Å². The van der Waals surface area contributed by atoms with E-state index in [0.29, 0.717) is 17.5 Å². The van der Waals surface area contributed by atoms with Crippen LogP contribution in [0, 0.1) is 0 Å². The van der Waals surface area contributed by atoms with Crippen LogP contribution in [0.1, 0.15) is 0 Å². The van der Waals surface area contributed by atoms with Gasteiger partial charge in [0.25, 0.3) is 0 Å². The molecule has 8 aromatic carbocycles. The van der Waals surface area contributed by atoms with E-state index in [9.17, 15) is 0 Å². The minimum atomic E-state index is 0.607. The van der Waals surface area contributed by atoms with Crippen LogP contribution in [0.4, 0.5) is 0 Å².